The Balaban J connectivity index is 1.48. The summed E-state index contributed by atoms with van der Waals surface area (Å²) in [7, 11) is 0. The summed E-state index contributed by atoms with van der Waals surface area (Å²) in [5, 5.41) is 0. The summed E-state index contributed by atoms with van der Waals surface area (Å²) < 4.78 is 16.6. The van der Waals surface area contributed by atoms with Gasteiger partial charge < -0.3 is 19.1 Å². The molecule has 0 spiro atoms. The topological polar surface area (TPSA) is 65.1 Å². The highest BCUT2D eigenvalue weighted by Crippen LogP contribution is 2.38. The molecule has 0 bridgehead atoms. The smallest absolute Gasteiger partial charge is 0.335 e. The van der Waals surface area contributed by atoms with E-state index in [1.165, 1.54) is 6.07 Å². The highest BCUT2D eigenvalue weighted by molar-refractivity contribution is 5.86. The maximum absolute atomic E-state index is 11.9. The quantitative estimate of drug-likeness (QED) is 0.0953. The minimum atomic E-state index is -0.623. The molecular formula is C37H29NO5. The van der Waals surface area contributed by atoms with Crippen LogP contribution in [0, 0.1) is 6.92 Å². The number of para-hydroxylation sites is 1. The Kier molecular flexibility index (Phi) is 8.78. The van der Waals surface area contributed by atoms with E-state index in [4.69, 9.17) is 14.2 Å². The van der Waals surface area contributed by atoms with Gasteiger partial charge in [-0.25, -0.2) is 9.59 Å². The van der Waals surface area contributed by atoms with E-state index >= 15 is 0 Å². The molecule has 0 saturated heterocycles. The lowest BCUT2D eigenvalue weighted by Crippen LogP contribution is -2.09. The number of esters is 2. The fourth-order valence-electron chi connectivity index (χ4n) is 4.40. The van der Waals surface area contributed by atoms with E-state index < -0.39 is 11.9 Å². The van der Waals surface area contributed by atoms with Crippen molar-refractivity contribution in [2.75, 3.05) is 4.90 Å². The molecule has 0 atom stereocenters. The van der Waals surface area contributed by atoms with E-state index in [9.17, 15) is 9.59 Å². The fourth-order valence-corrected chi connectivity index (χ4v) is 4.40. The Morgan fingerprint density at radius 3 is 1.53 bits per heavy atom. The summed E-state index contributed by atoms with van der Waals surface area (Å²) >= 11 is 0. The van der Waals surface area contributed by atoms with Gasteiger partial charge in [0.1, 0.15) is 23.0 Å². The Hall–Kier alpha value is -5.88. The fraction of sp³-hybridized carbons (Fsp3) is 0.0270. The molecule has 0 amide bonds. The summed E-state index contributed by atoms with van der Waals surface area (Å²) in [6, 6.07) is 38.7. The van der Waals surface area contributed by atoms with Crippen LogP contribution >= 0.6 is 0 Å². The number of carbonyl (C=O) groups excluding carboxylic acids is 2. The number of anilines is 3. The zero-order valence-electron chi connectivity index (χ0n) is 23.6. The predicted molar refractivity (Wildman–Crippen MR) is 169 cm³/mol. The summed E-state index contributed by atoms with van der Waals surface area (Å²) in [5.41, 5.74) is 5.55. The van der Waals surface area contributed by atoms with Gasteiger partial charge in [-0.2, -0.15) is 0 Å². The molecule has 5 rings (SSSR count). The zero-order valence-corrected chi connectivity index (χ0v) is 23.6. The second kappa shape index (κ2) is 13.2. The Morgan fingerprint density at radius 2 is 1.02 bits per heavy atom. The molecule has 0 fully saturated rings. The molecule has 0 aliphatic carbocycles. The second-order valence-electron chi connectivity index (χ2n) is 9.57. The van der Waals surface area contributed by atoms with Gasteiger partial charge in [-0.3, -0.25) is 0 Å². The first-order chi connectivity index (χ1) is 20.9. The van der Waals surface area contributed by atoms with Crippen molar-refractivity contribution in [2.45, 2.75) is 6.92 Å². The molecule has 212 valence electrons. The molecule has 0 heterocycles. The van der Waals surface area contributed by atoms with Crippen LogP contribution < -0.4 is 19.1 Å². The van der Waals surface area contributed by atoms with E-state index in [1.54, 1.807) is 12.1 Å². The van der Waals surface area contributed by atoms with E-state index in [1.807, 2.05) is 78.9 Å². The third-order valence-electron chi connectivity index (χ3n) is 6.48. The number of carbonyl (C=O) groups is 2. The Morgan fingerprint density at radius 1 is 0.558 bits per heavy atom. The van der Waals surface area contributed by atoms with Crippen LogP contribution in [0.1, 0.15) is 5.56 Å². The third kappa shape index (κ3) is 7.26. The summed E-state index contributed by atoms with van der Waals surface area (Å²) in [5.74, 6) is 0.700. The number of hydrogen-bond donors (Lipinski definition) is 0. The molecule has 0 aliphatic rings. The molecule has 5 aromatic rings. The first kappa shape index (κ1) is 28.6. The SMILES string of the molecule is C=CC(=O)Oc1cc(OC(=O)C=C)cc(-c2ccc(N(c3ccc(C)cc3)c3ccc(Oc4ccccc4)cc3)cc2)c1. The lowest BCUT2D eigenvalue weighted by atomic mass is 10.0. The van der Waals surface area contributed by atoms with Crippen LogP contribution in [0.3, 0.4) is 0 Å². The Labute approximate surface area is 250 Å². The highest BCUT2D eigenvalue weighted by Gasteiger charge is 2.15. The average molecular weight is 568 g/mol. The lowest BCUT2D eigenvalue weighted by molar-refractivity contribution is -0.129. The van der Waals surface area contributed by atoms with Gasteiger partial charge in [0.25, 0.3) is 0 Å². The van der Waals surface area contributed by atoms with Crippen LogP contribution in [-0.4, -0.2) is 11.9 Å². The molecule has 6 heteroatoms. The normalized spacial score (nSPS) is 10.3. The number of ether oxygens (including phenoxy) is 3. The Bertz CT molecular complexity index is 1700. The summed E-state index contributed by atoms with van der Waals surface area (Å²) in [4.78, 5) is 25.9. The van der Waals surface area contributed by atoms with Crippen LogP contribution in [0.5, 0.6) is 23.0 Å². The molecular weight excluding hydrogens is 538 g/mol. The largest absolute Gasteiger partial charge is 0.457 e. The molecule has 0 N–H and O–H groups in total. The molecule has 0 radical (unpaired) electrons. The molecule has 0 saturated carbocycles. The van der Waals surface area contributed by atoms with Crippen molar-refractivity contribution in [1.29, 1.82) is 0 Å². The molecule has 6 nitrogen and oxygen atoms in total. The van der Waals surface area contributed by atoms with E-state index in [0.29, 0.717) is 5.56 Å². The van der Waals surface area contributed by atoms with Crippen LogP contribution in [0.4, 0.5) is 17.1 Å². The molecule has 0 aromatic heterocycles. The number of nitrogens with zero attached hydrogens (tertiary/aromatic N) is 1. The molecule has 0 unspecified atom stereocenters. The minimum absolute atomic E-state index is 0.220. The maximum Gasteiger partial charge on any atom is 0.335 e. The van der Waals surface area contributed by atoms with Crippen molar-refractivity contribution in [2.24, 2.45) is 0 Å². The van der Waals surface area contributed by atoms with Gasteiger partial charge in [0.15, 0.2) is 0 Å². The standard InChI is InChI=1S/C37H29NO5/c1-4-36(39)42-34-23-28(24-35(25-34)43-37(40)5-2)27-13-17-30(18-14-27)38(29-15-11-26(3)12-16-29)31-19-21-33(22-20-31)41-32-9-7-6-8-10-32/h4-25H,1-2H2,3H3. The van der Waals surface area contributed by atoms with Crippen molar-refractivity contribution in [3.05, 3.63) is 152 Å². The van der Waals surface area contributed by atoms with E-state index in [-0.39, 0.29) is 11.5 Å². The highest BCUT2D eigenvalue weighted by atomic mass is 16.5. The van der Waals surface area contributed by atoms with Crippen LogP contribution in [0.25, 0.3) is 11.1 Å². The summed E-state index contributed by atoms with van der Waals surface area (Å²) in [6.07, 6.45) is 2.13. The average Bonchev–Trinajstić information content (AvgIpc) is 3.03. The zero-order chi connectivity index (χ0) is 30.2. The summed E-state index contributed by atoms with van der Waals surface area (Å²) in [6.45, 7) is 8.94. The first-order valence-electron chi connectivity index (χ1n) is 13.6. The molecule has 43 heavy (non-hydrogen) atoms. The predicted octanol–water partition coefficient (Wildman–Crippen LogP) is 9.11. The number of rotatable bonds is 10. The van der Waals surface area contributed by atoms with E-state index in [0.717, 1.165) is 51.8 Å². The van der Waals surface area contributed by atoms with Gasteiger partial charge in [-0.15, -0.1) is 0 Å². The van der Waals surface area contributed by atoms with Crippen molar-refractivity contribution in [3.8, 4) is 34.1 Å². The molecule has 0 aliphatic heterocycles. The number of aryl methyl sites for hydroxylation is 1. The lowest BCUT2D eigenvalue weighted by Gasteiger charge is -2.26. The van der Waals surface area contributed by atoms with Crippen molar-refractivity contribution in [1.82, 2.24) is 0 Å². The van der Waals surface area contributed by atoms with Gasteiger partial charge in [0.2, 0.25) is 0 Å². The molecule has 5 aromatic carbocycles. The van der Waals surface area contributed by atoms with Crippen LogP contribution in [0.15, 0.2) is 147 Å². The van der Waals surface area contributed by atoms with Crippen molar-refractivity contribution < 1.29 is 23.8 Å². The first-order valence-corrected chi connectivity index (χ1v) is 13.6. The van der Waals surface area contributed by atoms with Gasteiger partial charge in [-0.1, -0.05) is 61.2 Å². The van der Waals surface area contributed by atoms with Gasteiger partial charge >= 0.3 is 11.9 Å². The van der Waals surface area contributed by atoms with Gasteiger partial charge in [0.05, 0.1) is 0 Å². The maximum atomic E-state index is 11.9. The van der Waals surface area contributed by atoms with E-state index in [2.05, 4.69) is 49.2 Å². The number of hydrogen-bond acceptors (Lipinski definition) is 6. The van der Waals surface area contributed by atoms with Gasteiger partial charge in [0, 0.05) is 35.3 Å². The second-order valence-corrected chi connectivity index (χ2v) is 9.57. The van der Waals surface area contributed by atoms with Crippen LogP contribution in [0.2, 0.25) is 0 Å². The van der Waals surface area contributed by atoms with Gasteiger partial charge in [-0.05, 0) is 90.8 Å². The van der Waals surface area contributed by atoms with Crippen LogP contribution in [-0.2, 0) is 9.59 Å². The van der Waals surface area contributed by atoms with Crippen molar-refractivity contribution >= 4 is 29.0 Å². The number of benzene rings is 5. The monoisotopic (exact) mass is 567 g/mol. The van der Waals surface area contributed by atoms with Crippen molar-refractivity contribution in [3.63, 3.8) is 0 Å². The minimum Gasteiger partial charge on any atom is -0.457 e. The third-order valence-corrected chi connectivity index (χ3v) is 6.48.